The van der Waals surface area contributed by atoms with Gasteiger partial charge in [-0.3, -0.25) is 14.7 Å². The summed E-state index contributed by atoms with van der Waals surface area (Å²) in [5, 5.41) is 3.18. The molecule has 4 aromatic rings. The number of ether oxygens (including phenoxy) is 1. The number of benzene rings is 3. The maximum atomic E-state index is 15.5. The van der Waals surface area contributed by atoms with Gasteiger partial charge in [0.25, 0.3) is 0 Å². The second kappa shape index (κ2) is 10.0. The quantitative estimate of drug-likeness (QED) is 0.392. The van der Waals surface area contributed by atoms with E-state index in [-0.39, 0.29) is 5.78 Å². The molecule has 6 nitrogen and oxygen atoms in total. The zero-order chi connectivity index (χ0) is 25.2. The number of carbonyl (C=O) groups is 1. The van der Waals surface area contributed by atoms with Gasteiger partial charge in [-0.15, -0.1) is 0 Å². The van der Waals surface area contributed by atoms with Gasteiger partial charge in [-0.25, -0.2) is 9.37 Å². The fourth-order valence-electron chi connectivity index (χ4n) is 4.66. The Bertz CT molecular complexity index is 1400. The van der Waals surface area contributed by atoms with Crippen LogP contribution >= 0.6 is 0 Å². The first-order chi connectivity index (χ1) is 17.5. The van der Waals surface area contributed by atoms with Crippen molar-refractivity contribution in [2.75, 3.05) is 20.7 Å². The molecule has 0 saturated heterocycles. The number of fused-ring (bicyclic) bond motifs is 1. The monoisotopic (exact) mass is 484 g/mol. The van der Waals surface area contributed by atoms with Gasteiger partial charge in [-0.05, 0) is 60.6 Å². The molecule has 1 atom stereocenters. The number of methoxy groups -OCH3 is 1. The van der Waals surface area contributed by atoms with Crippen LogP contribution in [0.3, 0.4) is 0 Å². The molecule has 0 saturated carbocycles. The highest BCUT2D eigenvalue weighted by molar-refractivity contribution is 6.01. The fraction of sp³-hybridized carbons (Fsp3) is 0.241. The van der Waals surface area contributed by atoms with E-state index in [0.717, 1.165) is 41.2 Å². The first-order valence-electron chi connectivity index (χ1n) is 12.0. The molecule has 184 valence electrons. The molecule has 0 amide bonds. The predicted molar refractivity (Wildman–Crippen MR) is 138 cm³/mol. The first-order valence-corrected chi connectivity index (χ1v) is 12.0. The molecule has 0 spiro atoms. The molecule has 0 radical (unpaired) electrons. The summed E-state index contributed by atoms with van der Waals surface area (Å²) in [6.07, 6.45) is 1.64. The highest BCUT2D eigenvalue weighted by Crippen LogP contribution is 2.32. The van der Waals surface area contributed by atoms with Crippen LogP contribution in [0.5, 0.6) is 5.75 Å². The van der Waals surface area contributed by atoms with E-state index < -0.39 is 11.9 Å². The highest BCUT2D eigenvalue weighted by Gasteiger charge is 2.34. The number of carbonyl (C=O) groups excluding carboxylic acids is 1. The van der Waals surface area contributed by atoms with Crippen molar-refractivity contribution in [1.82, 2.24) is 19.8 Å². The Balaban J connectivity index is 1.46. The fourth-order valence-corrected chi connectivity index (χ4v) is 4.66. The lowest BCUT2D eigenvalue weighted by molar-refractivity contribution is 0.0920. The summed E-state index contributed by atoms with van der Waals surface area (Å²) in [5.74, 6) is 0.112. The lowest BCUT2D eigenvalue weighted by atomic mass is 9.92. The zero-order valence-electron chi connectivity index (χ0n) is 20.7. The van der Waals surface area contributed by atoms with Gasteiger partial charge in [0.15, 0.2) is 0 Å². The Morgan fingerprint density at radius 1 is 1.14 bits per heavy atom. The standard InChI is InChI=1S/C29H29FN4O2/c1-4-33(2)17-20-7-5-6-8-23(20)19-9-14-24(25(30)15-19)27-29(35)28-26(16-31-27)32-18-34(28)21-10-12-22(36-3)13-11-21/h5-15,18,27,31H,4,16-17H2,1-3H3. The SMILES string of the molecule is CCN(C)Cc1ccccc1-c1ccc(C2NCc3ncn(-c4ccc(OC)cc4)c3C2=O)c(F)c1. The van der Waals surface area contributed by atoms with Crippen LogP contribution in [-0.2, 0) is 13.1 Å². The maximum absolute atomic E-state index is 15.5. The largest absolute Gasteiger partial charge is 0.497 e. The van der Waals surface area contributed by atoms with Gasteiger partial charge >= 0.3 is 0 Å². The lowest BCUT2D eigenvalue weighted by Crippen LogP contribution is -2.36. The number of nitrogens with zero attached hydrogens (tertiary/aromatic N) is 3. The number of hydrogen-bond donors (Lipinski definition) is 1. The Morgan fingerprint density at radius 2 is 1.92 bits per heavy atom. The Hall–Kier alpha value is -3.81. The van der Waals surface area contributed by atoms with E-state index >= 15 is 4.39 Å². The van der Waals surface area contributed by atoms with Crippen molar-refractivity contribution in [2.45, 2.75) is 26.1 Å². The number of halogens is 1. The number of rotatable bonds is 7. The number of imidazole rings is 1. The first kappa shape index (κ1) is 23.9. The summed E-state index contributed by atoms with van der Waals surface area (Å²) in [6.45, 7) is 4.18. The molecule has 1 N–H and O–H groups in total. The van der Waals surface area contributed by atoms with Gasteiger partial charge in [0.05, 0.1) is 12.8 Å². The third-order valence-electron chi connectivity index (χ3n) is 6.78. The topological polar surface area (TPSA) is 59.4 Å². The summed E-state index contributed by atoms with van der Waals surface area (Å²) < 4.78 is 22.5. The smallest absolute Gasteiger partial charge is 0.203 e. The van der Waals surface area contributed by atoms with Crippen LogP contribution in [0.25, 0.3) is 16.8 Å². The van der Waals surface area contributed by atoms with Crippen molar-refractivity contribution in [1.29, 1.82) is 0 Å². The minimum Gasteiger partial charge on any atom is -0.497 e. The minimum atomic E-state index is -0.790. The molecule has 7 heteroatoms. The van der Waals surface area contributed by atoms with E-state index in [4.69, 9.17) is 4.74 Å². The summed E-state index contributed by atoms with van der Waals surface area (Å²) in [6, 6.07) is 19.8. The number of aromatic nitrogens is 2. The summed E-state index contributed by atoms with van der Waals surface area (Å²) in [7, 11) is 3.67. The van der Waals surface area contributed by atoms with Gasteiger partial charge in [0, 0.05) is 24.3 Å². The molecule has 36 heavy (non-hydrogen) atoms. The number of ketones is 1. The number of Topliss-reactive ketones (excluding diaryl/α,β-unsaturated/α-hetero) is 1. The lowest BCUT2D eigenvalue weighted by Gasteiger charge is -2.24. The van der Waals surface area contributed by atoms with Crippen LogP contribution in [0.15, 0.2) is 73.1 Å². The van der Waals surface area contributed by atoms with Gasteiger partial charge in [-0.2, -0.15) is 0 Å². The molecule has 3 aromatic carbocycles. The Labute approximate surface area is 210 Å². The average molecular weight is 485 g/mol. The molecule has 2 heterocycles. The molecule has 0 fully saturated rings. The van der Waals surface area contributed by atoms with Crippen molar-refractivity contribution in [3.05, 3.63) is 101 Å². The van der Waals surface area contributed by atoms with Gasteiger partial charge in [0.2, 0.25) is 5.78 Å². The third kappa shape index (κ3) is 4.43. The van der Waals surface area contributed by atoms with E-state index in [1.165, 1.54) is 6.07 Å². The van der Waals surface area contributed by atoms with Crippen LogP contribution in [0.4, 0.5) is 4.39 Å². The minimum absolute atomic E-state index is 0.207. The van der Waals surface area contributed by atoms with E-state index in [1.54, 1.807) is 24.1 Å². The summed E-state index contributed by atoms with van der Waals surface area (Å²) in [4.78, 5) is 20.2. The molecule has 0 aliphatic carbocycles. The van der Waals surface area contributed by atoms with E-state index in [0.29, 0.717) is 23.5 Å². The predicted octanol–water partition coefficient (Wildman–Crippen LogP) is 5.17. The van der Waals surface area contributed by atoms with Gasteiger partial charge in [-0.1, -0.05) is 43.3 Å². The van der Waals surface area contributed by atoms with Crippen LogP contribution in [0.2, 0.25) is 0 Å². The Kier molecular flexibility index (Phi) is 6.67. The number of hydrogen-bond acceptors (Lipinski definition) is 5. The van der Waals surface area contributed by atoms with Crippen molar-refractivity contribution in [3.8, 4) is 22.6 Å². The maximum Gasteiger partial charge on any atom is 0.203 e. The average Bonchev–Trinajstić information content (AvgIpc) is 3.34. The van der Waals surface area contributed by atoms with Crippen LogP contribution in [-0.4, -0.2) is 40.9 Å². The summed E-state index contributed by atoms with van der Waals surface area (Å²) >= 11 is 0. The van der Waals surface area contributed by atoms with Gasteiger partial charge in [0.1, 0.15) is 29.6 Å². The second-order valence-electron chi connectivity index (χ2n) is 9.01. The third-order valence-corrected chi connectivity index (χ3v) is 6.78. The van der Waals surface area contributed by atoms with Crippen molar-refractivity contribution < 1.29 is 13.9 Å². The van der Waals surface area contributed by atoms with Crippen molar-refractivity contribution in [3.63, 3.8) is 0 Å². The van der Waals surface area contributed by atoms with Crippen LogP contribution < -0.4 is 10.1 Å². The van der Waals surface area contributed by atoms with Gasteiger partial charge < -0.3 is 9.64 Å². The molecule has 0 bridgehead atoms. The second-order valence-corrected chi connectivity index (χ2v) is 9.01. The molecule has 5 rings (SSSR count). The van der Waals surface area contributed by atoms with E-state index in [9.17, 15) is 4.79 Å². The van der Waals surface area contributed by atoms with E-state index in [1.807, 2.05) is 48.5 Å². The molecular weight excluding hydrogens is 455 g/mol. The Morgan fingerprint density at radius 3 is 2.64 bits per heavy atom. The molecule has 1 aliphatic heterocycles. The molecule has 1 aromatic heterocycles. The van der Waals surface area contributed by atoms with Crippen molar-refractivity contribution >= 4 is 5.78 Å². The zero-order valence-corrected chi connectivity index (χ0v) is 20.7. The van der Waals surface area contributed by atoms with Crippen LogP contribution in [0.1, 0.15) is 40.3 Å². The normalized spacial score (nSPS) is 15.2. The molecular formula is C29H29FN4O2. The molecule has 1 aliphatic rings. The van der Waals surface area contributed by atoms with E-state index in [2.05, 4.69) is 35.2 Å². The molecule has 1 unspecified atom stereocenters. The highest BCUT2D eigenvalue weighted by atomic mass is 19.1. The number of nitrogens with one attached hydrogen (secondary N) is 1. The van der Waals surface area contributed by atoms with Crippen molar-refractivity contribution in [2.24, 2.45) is 0 Å². The van der Waals surface area contributed by atoms with Crippen LogP contribution in [0, 0.1) is 5.82 Å². The summed E-state index contributed by atoms with van der Waals surface area (Å²) in [5.41, 5.74) is 5.17.